The van der Waals surface area contributed by atoms with Crippen LogP contribution in [0.1, 0.15) is 65.5 Å². The predicted molar refractivity (Wildman–Crippen MR) is 124 cm³/mol. The highest BCUT2D eigenvalue weighted by atomic mass is 16.5. The molecule has 0 radical (unpaired) electrons. The molecular weight excluding hydrogens is 374 g/mol. The van der Waals surface area contributed by atoms with E-state index in [0.717, 1.165) is 12.0 Å². The van der Waals surface area contributed by atoms with Crippen molar-refractivity contribution in [3.63, 3.8) is 0 Å². The van der Waals surface area contributed by atoms with Gasteiger partial charge in [0.05, 0.1) is 5.92 Å². The van der Waals surface area contributed by atoms with Gasteiger partial charge in [0.25, 0.3) is 0 Å². The summed E-state index contributed by atoms with van der Waals surface area (Å²) in [7, 11) is 0. The number of hydrogen-bond acceptors (Lipinski definition) is 3. The van der Waals surface area contributed by atoms with E-state index in [1.807, 2.05) is 27.7 Å². The Morgan fingerprint density at radius 2 is 1.90 bits per heavy atom. The summed E-state index contributed by atoms with van der Waals surface area (Å²) in [6.45, 7) is 15.9. The molecule has 1 aliphatic rings. The van der Waals surface area contributed by atoms with Gasteiger partial charge in [-0.2, -0.15) is 0 Å². The lowest BCUT2D eigenvalue weighted by molar-refractivity contribution is -0.142. The van der Waals surface area contributed by atoms with Crippen LogP contribution in [-0.4, -0.2) is 22.2 Å². The molecule has 0 saturated heterocycles. The summed E-state index contributed by atoms with van der Waals surface area (Å²) >= 11 is 0. The van der Waals surface area contributed by atoms with Crippen molar-refractivity contribution in [2.75, 3.05) is 0 Å². The molecule has 0 spiro atoms. The maximum Gasteiger partial charge on any atom is 0.306 e. The van der Waals surface area contributed by atoms with Gasteiger partial charge in [-0.05, 0) is 76.2 Å². The van der Waals surface area contributed by atoms with Gasteiger partial charge >= 0.3 is 5.97 Å². The standard InChI is InChI=1S/C26H37NO3/c1-18-9-8-10-23(15-18)22-13-11-21(12-14-22)17-26(7,16-19(2)24(28)29)27-20(3)30-25(4,5)6/h8-14,18-19,27H,3,15-17H2,1-2,4-7H3,(H,28,29)/t18?,19-,26-/m1/s1. The summed E-state index contributed by atoms with van der Waals surface area (Å²) in [5.74, 6) is -0.257. The summed E-state index contributed by atoms with van der Waals surface area (Å²) in [5.41, 5.74) is 2.87. The quantitative estimate of drug-likeness (QED) is 0.493. The SMILES string of the molecule is C=C(N[C@@](C)(Cc1ccc(C2=CC=CC(C)C2)cc1)C[C@@H](C)C(=O)O)OC(C)(C)C. The number of benzene rings is 1. The van der Waals surface area contributed by atoms with E-state index in [-0.39, 0.29) is 5.60 Å². The Hall–Kier alpha value is -2.49. The third-order valence-electron chi connectivity index (χ3n) is 5.25. The zero-order valence-corrected chi connectivity index (χ0v) is 19.3. The van der Waals surface area contributed by atoms with Crippen molar-refractivity contribution in [2.24, 2.45) is 11.8 Å². The largest absolute Gasteiger partial charge is 0.481 e. The van der Waals surface area contributed by atoms with Gasteiger partial charge in [0.15, 0.2) is 5.88 Å². The Morgan fingerprint density at radius 1 is 1.27 bits per heavy atom. The van der Waals surface area contributed by atoms with E-state index in [1.54, 1.807) is 6.92 Å². The fourth-order valence-corrected chi connectivity index (χ4v) is 4.01. The molecule has 2 N–H and O–H groups in total. The first-order valence-electron chi connectivity index (χ1n) is 10.7. The van der Waals surface area contributed by atoms with Crippen LogP contribution >= 0.6 is 0 Å². The zero-order valence-electron chi connectivity index (χ0n) is 19.3. The minimum atomic E-state index is -0.799. The first-order valence-corrected chi connectivity index (χ1v) is 10.7. The average Bonchev–Trinajstić information content (AvgIpc) is 2.60. The molecule has 1 unspecified atom stereocenters. The molecule has 1 aromatic rings. The number of rotatable bonds is 9. The molecule has 2 rings (SSSR count). The first-order chi connectivity index (χ1) is 13.9. The van der Waals surface area contributed by atoms with Gasteiger partial charge in [-0.1, -0.05) is 56.3 Å². The minimum absolute atomic E-state index is 0.371. The molecule has 0 bridgehead atoms. The molecule has 0 fully saturated rings. The minimum Gasteiger partial charge on any atom is -0.481 e. The van der Waals surface area contributed by atoms with Crippen LogP contribution < -0.4 is 5.32 Å². The van der Waals surface area contributed by atoms with Crippen LogP contribution in [-0.2, 0) is 16.0 Å². The lowest BCUT2D eigenvalue weighted by Crippen LogP contribution is -2.47. The van der Waals surface area contributed by atoms with Gasteiger partial charge in [-0.15, -0.1) is 0 Å². The maximum atomic E-state index is 11.5. The van der Waals surface area contributed by atoms with Crippen LogP contribution in [0.25, 0.3) is 5.57 Å². The number of carbonyl (C=O) groups is 1. The van der Waals surface area contributed by atoms with E-state index in [4.69, 9.17) is 4.74 Å². The van der Waals surface area contributed by atoms with Crippen LogP contribution in [0.4, 0.5) is 0 Å². The Morgan fingerprint density at radius 3 is 2.43 bits per heavy atom. The molecule has 4 heteroatoms. The molecule has 164 valence electrons. The van der Waals surface area contributed by atoms with E-state index in [1.165, 1.54) is 11.1 Å². The third-order valence-corrected chi connectivity index (χ3v) is 5.25. The van der Waals surface area contributed by atoms with E-state index in [0.29, 0.717) is 24.6 Å². The zero-order chi connectivity index (χ0) is 22.5. The predicted octanol–water partition coefficient (Wildman–Crippen LogP) is 5.95. The van der Waals surface area contributed by atoms with Crippen LogP contribution in [0, 0.1) is 11.8 Å². The van der Waals surface area contributed by atoms with Gasteiger partial charge in [-0.25, -0.2) is 0 Å². The van der Waals surface area contributed by atoms with E-state index in [2.05, 4.69) is 61.3 Å². The number of carboxylic acid groups (broad SMARTS) is 1. The fraction of sp³-hybridized carbons (Fsp3) is 0.500. The average molecular weight is 412 g/mol. The summed E-state index contributed by atoms with van der Waals surface area (Å²) in [6, 6.07) is 8.60. The van der Waals surface area contributed by atoms with Crippen LogP contribution in [0.2, 0.25) is 0 Å². The van der Waals surface area contributed by atoms with Crippen molar-refractivity contribution in [1.29, 1.82) is 0 Å². The monoisotopic (exact) mass is 411 g/mol. The smallest absolute Gasteiger partial charge is 0.306 e. The summed E-state index contributed by atoms with van der Waals surface area (Å²) in [6.07, 6.45) is 8.73. The molecule has 0 heterocycles. The van der Waals surface area contributed by atoms with Crippen molar-refractivity contribution in [2.45, 2.75) is 71.9 Å². The van der Waals surface area contributed by atoms with E-state index >= 15 is 0 Å². The molecule has 4 nitrogen and oxygen atoms in total. The number of aliphatic carboxylic acids is 1. The summed E-state index contributed by atoms with van der Waals surface area (Å²) in [4.78, 5) is 11.5. The lowest BCUT2D eigenvalue weighted by atomic mass is 9.83. The molecule has 1 aliphatic carbocycles. The van der Waals surface area contributed by atoms with Crippen LogP contribution in [0.3, 0.4) is 0 Å². The second-order valence-electron chi connectivity index (χ2n) is 9.90. The normalized spacial score (nSPS) is 19.4. The molecule has 1 aromatic carbocycles. The van der Waals surface area contributed by atoms with Gasteiger partial charge in [0.2, 0.25) is 0 Å². The van der Waals surface area contributed by atoms with Gasteiger partial charge < -0.3 is 15.2 Å². The second-order valence-corrected chi connectivity index (χ2v) is 9.90. The summed E-state index contributed by atoms with van der Waals surface area (Å²) in [5, 5.41) is 12.8. The van der Waals surface area contributed by atoms with Gasteiger partial charge in [0, 0.05) is 5.54 Å². The number of ether oxygens (including phenoxy) is 1. The lowest BCUT2D eigenvalue weighted by Gasteiger charge is -2.36. The van der Waals surface area contributed by atoms with Gasteiger partial charge in [-0.3, -0.25) is 4.79 Å². The molecular formula is C26H37NO3. The molecule has 0 saturated carbocycles. The first kappa shape index (κ1) is 23.8. The highest BCUT2D eigenvalue weighted by Crippen LogP contribution is 2.29. The van der Waals surface area contributed by atoms with Crippen molar-refractivity contribution in [1.82, 2.24) is 5.32 Å². The Labute approximate surface area is 181 Å². The number of carboxylic acids is 1. The Bertz CT molecular complexity index is 814. The van der Waals surface area contributed by atoms with E-state index in [9.17, 15) is 9.90 Å². The Balaban J connectivity index is 2.18. The highest BCUT2D eigenvalue weighted by Gasteiger charge is 2.31. The van der Waals surface area contributed by atoms with Crippen molar-refractivity contribution in [3.05, 3.63) is 66.1 Å². The second kappa shape index (κ2) is 9.55. The molecule has 0 aliphatic heterocycles. The van der Waals surface area contributed by atoms with Gasteiger partial charge in [0.1, 0.15) is 5.60 Å². The number of nitrogens with one attached hydrogen (secondary N) is 1. The summed E-state index contributed by atoms with van der Waals surface area (Å²) < 4.78 is 5.85. The molecule has 0 aromatic heterocycles. The molecule has 3 atom stereocenters. The number of allylic oxidation sites excluding steroid dienone is 4. The third kappa shape index (κ3) is 7.40. The van der Waals surface area contributed by atoms with Crippen molar-refractivity contribution < 1.29 is 14.6 Å². The Kier molecular flexibility index (Phi) is 7.57. The fourth-order valence-electron chi connectivity index (χ4n) is 4.01. The van der Waals surface area contributed by atoms with Crippen LogP contribution in [0.5, 0.6) is 0 Å². The van der Waals surface area contributed by atoms with E-state index < -0.39 is 17.4 Å². The van der Waals surface area contributed by atoms with Crippen molar-refractivity contribution in [3.8, 4) is 0 Å². The van der Waals surface area contributed by atoms with Crippen molar-refractivity contribution >= 4 is 11.5 Å². The maximum absolute atomic E-state index is 11.5. The highest BCUT2D eigenvalue weighted by molar-refractivity contribution is 5.70. The molecule has 30 heavy (non-hydrogen) atoms. The topological polar surface area (TPSA) is 58.6 Å². The molecule has 0 amide bonds. The number of hydrogen-bond donors (Lipinski definition) is 2. The van der Waals surface area contributed by atoms with Crippen LogP contribution in [0.15, 0.2) is 55.0 Å².